The molecule has 1 fully saturated rings. The molecule has 0 atom stereocenters. The number of ether oxygens (including phenoxy) is 1. The molecule has 1 aliphatic rings. The molecular weight excluding hydrogens is 92.1 g/mol. The molecule has 0 saturated carbocycles. The Balaban J connectivity index is 0. The maximum atomic E-state index is 9.68. The monoisotopic (exact) mass is 104 g/mol. The third-order valence-electron chi connectivity index (χ3n) is 0.569. The quantitative estimate of drug-likeness (QED) is 0.432. The van der Waals surface area contributed by atoms with E-state index in [4.69, 9.17) is 0 Å². The molecule has 0 bridgehead atoms. The fourth-order valence-electron chi connectivity index (χ4n) is 0.185. The minimum absolute atomic E-state index is 0. The van der Waals surface area contributed by atoms with Crippen molar-refractivity contribution >= 4 is 5.97 Å². The average Bonchev–Trinajstić information content (AvgIpc) is 1.30. The predicted molar refractivity (Wildman–Crippen MR) is 29.0 cm³/mol. The van der Waals surface area contributed by atoms with Gasteiger partial charge in [-0.25, -0.2) is 0 Å². The maximum Gasteiger partial charge on any atom is 0.309 e. The van der Waals surface area contributed by atoms with Crippen LogP contribution in [-0.2, 0) is 9.53 Å². The van der Waals surface area contributed by atoms with Crippen LogP contribution in [0.5, 0.6) is 0 Å². The molecule has 2 nitrogen and oxygen atoms in total. The normalized spacial score (nSPS) is 14.6. The molecule has 0 aromatic heterocycles. The highest BCUT2D eigenvalue weighted by atomic mass is 16.6. The van der Waals surface area contributed by atoms with Gasteiger partial charge in [0.05, 0.1) is 6.42 Å². The number of rotatable bonds is 0. The van der Waals surface area contributed by atoms with Gasteiger partial charge in [0, 0.05) is 0 Å². The minimum atomic E-state index is -0.0648. The van der Waals surface area contributed by atoms with Gasteiger partial charge in [-0.3, -0.25) is 4.79 Å². The molecule has 0 amide bonds. The Hall–Kier alpha value is -0.530. The number of cyclic esters (lactones) is 1. The van der Waals surface area contributed by atoms with Crippen LogP contribution >= 0.6 is 0 Å². The highest BCUT2D eigenvalue weighted by molar-refractivity contribution is 5.73. The van der Waals surface area contributed by atoms with Crippen LogP contribution in [0, 0.1) is 0 Å². The van der Waals surface area contributed by atoms with Gasteiger partial charge in [0.25, 0.3) is 0 Å². The van der Waals surface area contributed by atoms with Gasteiger partial charge in [-0.1, -0.05) is 14.9 Å². The molecule has 0 unspecified atom stereocenters. The summed E-state index contributed by atoms with van der Waals surface area (Å²) in [6.45, 7) is 0.638. The molecule has 0 radical (unpaired) electrons. The molecular formula is C5H12O2. The van der Waals surface area contributed by atoms with E-state index in [1.807, 2.05) is 0 Å². The van der Waals surface area contributed by atoms with Crippen molar-refractivity contribution in [3.8, 4) is 0 Å². The number of hydrogen-bond acceptors (Lipinski definition) is 2. The summed E-state index contributed by atoms with van der Waals surface area (Å²) in [6, 6.07) is 0. The van der Waals surface area contributed by atoms with E-state index in [0.717, 1.165) is 0 Å². The molecule has 0 N–H and O–H groups in total. The van der Waals surface area contributed by atoms with E-state index in [1.54, 1.807) is 0 Å². The van der Waals surface area contributed by atoms with Crippen LogP contribution in [0.1, 0.15) is 21.3 Å². The Morgan fingerprint density at radius 3 is 1.71 bits per heavy atom. The predicted octanol–water partition coefficient (Wildman–Crippen LogP) is 1.21. The van der Waals surface area contributed by atoms with Crippen molar-refractivity contribution in [2.24, 2.45) is 0 Å². The largest absolute Gasteiger partial charge is 0.465 e. The van der Waals surface area contributed by atoms with E-state index in [2.05, 4.69) is 4.74 Å². The van der Waals surface area contributed by atoms with Crippen molar-refractivity contribution in [2.45, 2.75) is 21.3 Å². The molecule has 0 aromatic carbocycles. The highest BCUT2D eigenvalue weighted by Gasteiger charge is 2.10. The van der Waals surface area contributed by atoms with E-state index in [-0.39, 0.29) is 20.8 Å². The SMILES string of the molecule is C.C.O=C1CCO1. The summed E-state index contributed by atoms with van der Waals surface area (Å²) in [5.74, 6) is -0.0648. The van der Waals surface area contributed by atoms with Gasteiger partial charge < -0.3 is 4.74 Å². The third-order valence-corrected chi connectivity index (χ3v) is 0.569. The molecule has 1 saturated heterocycles. The lowest BCUT2D eigenvalue weighted by Gasteiger charge is -2.09. The van der Waals surface area contributed by atoms with Crippen molar-refractivity contribution < 1.29 is 9.53 Å². The number of hydrogen-bond donors (Lipinski definition) is 0. The van der Waals surface area contributed by atoms with Crippen LogP contribution in [0.15, 0.2) is 0 Å². The van der Waals surface area contributed by atoms with Crippen LogP contribution < -0.4 is 0 Å². The molecule has 0 aromatic rings. The van der Waals surface area contributed by atoms with Gasteiger partial charge in [-0.2, -0.15) is 0 Å². The molecule has 2 heteroatoms. The van der Waals surface area contributed by atoms with Crippen molar-refractivity contribution in [1.29, 1.82) is 0 Å². The summed E-state index contributed by atoms with van der Waals surface area (Å²) in [5, 5.41) is 0. The van der Waals surface area contributed by atoms with Crippen LogP contribution in [0.4, 0.5) is 0 Å². The summed E-state index contributed by atoms with van der Waals surface area (Å²) >= 11 is 0. The standard InChI is InChI=1S/C3H4O2.2CH4/c4-3-1-2-5-3;;/h1-2H2;2*1H4. The lowest BCUT2D eigenvalue weighted by molar-refractivity contribution is -0.157. The van der Waals surface area contributed by atoms with Crippen LogP contribution in [-0.4, -0.2) is 12.6 Å². The second-order valence-corrected chi connectivity index (χ2v) is 0.970. The summed E-state index contributed by atoms with van der Waals surface area (Å²) in [5.41, 5.74) is 0. The summed E-state index contributed by atoms with van der Waals surface area (Å²) < 4.78 is 4.29. The zero-order valence-corrected chi connectivity index (χ0v) is 2.73. The van der Waals surface area contributed by atoms with Gasteiger partial charge in [0.2, 0.25) is 0 Å². The van der Waals surface area contributed by atoms with Crippen LogP contribution in [0.3, 0.4) is 0 Å². The van der Waals surface area contributed by atoms with Crippen molar-refractivity contribution in [3.63, 3.8) is 0 Å². The lowest BCUT2D eigenvalue weighted by Crippen LogP contribution is -2.18. The third kappa shape index (κ3) is 2.20. The summed E-state index contributed by atoms with van der Waals surface area (Å²) in [4.78, 5) is 9.68. The Kier molecular flexibility index (Phi) is 5.06. The van der Waals surface area contributed by atoms with Gasteiger partial charge in [-0.15, -0.1) is 0 Å². The van der Waals surface area contributed by atoms with Crippen molar-refractivity contribution in [1.82, 2.24) is 0 Å². The topological polar surface area (TPSA) is 26.3 Å². The van der Waals surface area contributed by atoms with Crippen molar-refractivity contribution in [2.75, 3.05) is 6.61 Å². The second kappa shape index (κ2) is 3.65. The first-order valence-electron chi connectivity index (χ1n) is 1.55. The van der Waals surface area contributed by atoms with Gasteiger partial charge >= 0.3 is 5.97 Å². The maximum absolute atomic E-state index is 9.68. The van der Waals surface area contributed by atoms with Crippen LogP contribution in [0.2, 0.25) is 0 Å². The first-order chi connectivity index (χ1) is 2.39. The van der Waals surface area contributed by atoms with Gasteiger partial charge in [0.1, 0.15) is 6.61 Å². The molecule has 0 spiro atoms. The molecule has 1 heterocycles. The summed E-state index contributed by atoms with van der Waals surface area (Å²) in [7, 11) is 0. The Morgan fingerprint density at radius 2 is 1.71 bits per heavy atom. The molecule has 1 rings (SSSR count). The summed E-state index contributed by atoms with van der Waals surface area (Å²) in [6.07, 6.45) is 0.625. The van der Waals surface area contributed by atoms with E-state index in [0.29, 0.717) is 13.0 Å². The van der Waals surface area contributed by atoms with Gasteiger partial charge in [-0.05, 0) is 0 Å². The van der Waals surface area contributed by atoms with E-state index in [1.165, 1.54) is 0 Å². The molecule has 7 heavy (non-hydrogen) atoms. The van der Waals surface area contributed by atoms with Crippen LogP contribution in [0.25, 0.3) is 0 Å². The zero-order valence-electron chi connectivity index (χ0n) is 2.73. The van der Waals surface area contributed by atoms with E-state index in [9.17, 15) is 4.79 Å². The van der Waals surface area contributed by atoms with Gasteiger partial charge in [0.15, 0.2) is 0 Å². The smallest absolute Gasteiger partial charge is 0.309 e. The number of carbonyl (C=O) groups is 1. The fraction of sp³-hybridized carbons (Fsp3) is 0.800. The fourth-order valence-corrected chi connectivity index (χ4v) is 0.185. The Morgan fingerprint density at radius 1 is 1.43 bits per heavy atom. The minimum Gasteiger partial charge on any atom is -0.465 e. The first kappa shape index (κ1) is 9.69. The average molecular weight is 104 g/mol. The number of esters is 1. The van der Waals surface area contributed by atoms with E-state index >= 15 is 0 Å². The zero-order chi connectivity index (χ0) is 3.70. The van der Waals surface area contributed by atoms with E-state index < -0.39 is 0 Å². The van der Waals surface area contributed by atoms with Crippen molar-refractivity contribution in [3.05, 3.63) is 0 Å². The Labute approximate surface area is 44.5 Å². The Bertz CT molecular complexity index is 53.1. The first-order valence-corrected chi connectivity index (χ1v) is 1.55. The second-order valence-electron chi connectivity index (χ2n) is 0.970. The lowest BCUT2D eigenvalue weighted by atomic mass is 10.4. The number of carbonyl (C=O) groups excluding carboxylic acids is 1. The molecule has 44 valence electrons. The highest BCUT2D eigenvalue weighted by Crippen LogP contribution is 1.97. The molecule has 0 aliphatic carbocycles. The molecule has 1 aliphatic heterocycles.